The standard InChI is InChI=1S/C12H8Cl3NO3S/c13-8-5-4-7(6-10(8)15)20(18,19)16-11-3-1-2-9(14)12(11)17/h1-6,16-17H. The second-order valence-electron chi connectivity index (χ2n) is 3.82. The zero-order valence-electron chi connectivity index (χ0n) is 9.77. The summed E-state index contributed by atoms with van der Waals surface area (Å²) in [6.45, 7) is 0. The Morgan fingerprint density at radius 1 is 0.950 bits per heavy atom. The smallest absolute Gasteiger partial charge is 0.262 e. The molecule has 2 aromatic carbocycles. The first-order chi connectivity index (χ1) is 9.31. The van der Waals surface area contributed by atoms with E-state index in [1.807, 2.05) is 0 Å². The Bertz CT molecular complexity index is 763. The lowest BCUT2D eigenvalue weighted by atomic mass is 10.3. The number of para-hydroxylation sites is 1. The maximum atomic E-state index is 12.2. The summed E-state index contributed by atoms with van der Waals surface area (Å²) in [5.74, 6) is -0.349. The fourth-order valence-electron chi connectivity index (χ4n) is 1.45. The van der Waals surface area contributed by atoms with E-state index in [0.717, 1.165) is 0 Å². The molecule has 0 saturated carbocycles. The Hall–Kier alpha value is -1.14. The molecule has 0 aliphatic heterocycles. The molecule has 0 bridgehead atoms. The number of phenols is 1. The number of aromatic hydroxyl groups is 1. The van der Waals surface area contributed by atoms with Crippen molar-refractivity contribution in [3.63, 3.8) is 0 Å². The molecule has 106 valence electrons. The van der Waals surface area contributed by atoms with Crippen LogP contribution < -0.4 is 4.72 Å². The highest BCUT2D eigenvalue weighted by Crippen LogP contribution is 2.33. The van der Waals surface area contributed by atoms with Crippen LogP contribution in [0.15, 0.2) is 41.3 Å². The molecule has 2 N–H and O–H groups in total. The van der Waals surface area contributed by atoms with Crippen molar-refractivity contribution in [3.05, 3.63) is 51.5 Å². The summed E-state index contributed by atoms with van der Waals surface area (Å²) in [6.07, 6.45) is 0. The highest BCUT2D eigenvalue weighted by molar-refractivity contribution is 7.92. The van der Waals surface area contributed by atoms with Crippen molar-refractivity contribution in [2.24, 2.45) is 0 Å². The predicted molar refractivity (Wildman–Crippen MR) is 80.4 cm³/mol. The summed E-state index contributed by atoms with van der Waals surface area (Å²) < 4.78 is 26.5. The van der Waals surface area contributed by atoms with Crippen LogP contribution in [0.3, 0.4) is 0 Å². The van der Waals surface area contributed by atoms with E-state index in [2.05, 4.69) is 4.72 Å². The number of rotatable bonds is 3. The third kappa shape index (κ3) is 3.12. The van der Waals surface area contributed by atoms with E-state index in [1.165, 1.54) is 36.4 Å². The number of benzene rings is 2. The van der Waals surface area contributed by atoms with E-state index in [4.69, 9.17) is 34.8 Å². The van der Waals surface area contributed by atoms with Gasteiger partial charge in [-0.2, -0.15) is 0 Å². The van der Waals surface area contributed by atoms with Gasteiger partial charge in [-0.15, -0.1) is 0 Å². The van der Waals surface area contributed by atoms with Crippen molar-refractivity contribution in [2.45, 2.75) is 4.90 Å². The van der Waals surface area contributed by atoms with Crippen LogP contribution in [0.1, 0.15) is 0 Å². The normalized spacial score (nSPS) is 11.3. The van der Waals surface area contributed by atoms with E-state index in [1.54, 1.807) is 0 Å². The number of phenolic OH excluding ortho intramolecular Hbond substituents is 1. The van der Waals surface area contributed by atoms with Gasteiger partial charge >= 0.3 is 0 Å². The average Bonchev–Trinajstić information content (AvgIpc) is 2.38. The molecule has 0 aliphatic carbocycles. The minimum atomic E-state index is -3.90. The van der Waals surface area contributed by atoms with Crippen molar-refractivity contribution in [1.29, 1.82) is 0 Å². The first-order valence-corrected chi connectivity index (χ1v) is 7.88. The number of sulfonamides is 1. The first kappa shape index (κ1) is 15.3. The van der Waals surface area contributed by atoms with E-state index >= 15 is 0 Å². The summed E-state index contributed by atoms with van der Waals surface area (Å²) in [4.78, 5) is -0.0775. The van der Waals surface area contributed by atoms with Crippen LogP contribution in [0.2, 0.25) is 15.1 Å². The molecule has 0 radical (unpaired) electrons. The minimum absolute atomic E-state index is 0.0245. The summed E-state index contributed by atoms with van der Waals surface area (Å²) in [6, 6.07) is 8.22. The molecule has 20 heavy (non-hydrogen) atoms. The Kier molecular flexibility index (Phi) is 4.34. The van der Waals surface area contributed by atoms with Crippen molar-refractivity contribution in [2.75, 3.05) is 4.72 Å². The van der Waals surface area contributed by atoms with Crippen molar-refractivity contribution in [1.82, 2.24) is 0 Å². The number of halogens is 3. The van der Waals surface area contributed by atoms with Crippen molar-refractivity contribution in [3.8, 4) is 5.75 Å². The van der Waals surface area contributed by atoms with Gasteiger partial charge in [-0.3, -0.25) is 4.72 Å². The Morgan fingerprint density at radius 2 is 1.65 bits per heavy atom. The molecular weight excluding hydrogens is 345 g/mol. The van der Waals surface area contributed by atoms with Gasteiger partial charge < -0.3 is 5.11 Å². The summed E-state index contributed by atoms with van der Waals surface area (Å²) in [5, 5.41) is 10.1. The molecular formula is C12H8Cl3NO3S. The van der Waals surface area contributed by atoms with Crippen LogP contribution in [-0.2, 0) is 10.0 Å². The van der Waals surface area contributed by atoms with Crippen LogP contribution >= 0.6 is 34.8 Å². The molecule has 0 aliphatic rings. The van der Waals surface area contributed by atoms with Crippen LogP contribution in [0.25, 0.3) is 0 Å². The minimum Gasteiger partial charge on any atom is -0.504 e. The summed E-state index contributed by atoms with van der Waals surface area (Å²) in [7, 11) is -3.90. The van der Waals surface area contributed by atoms with Gasteiger partial charge in [0.15, 0.2) is 5.75 Å². The maximum absolute atomic E-state index is 12.2. The molecule has 4 nitrogen and oxygen atoms in total. The zero-order valence-corrected chi connectivity index (χ0v) is 12.9. The molecule has 2 rings (SSSR count). The molecule has 0 aromatic heterocycles. The van der Waals surface area contributed by atoms with Crippen LogP contribution in [-0.4, -0.2) is 13.5 Å². The second-order valence-corrected chi connectivity index (χ2v) is 6.72. The molecule has 0 spiro atoms. The van der Waals surface area contributed by atoms with Crippen molar-refractivity contribution < 1.29 is 13.5 Å². The lowest BCUT2D eigenvalue weighted by molar-refractivity contribution is 0.478. The third-order valence-corrected chi connectivity index (χ3v) is 4.84. The van der Waals surface area contributed by atoms with Gasteiger partial charge in [0.1, 0.15) is 0 Å². The van der Waals surface area contributed by atoms with Crippen LogP contribution in [0.4, 0.5) is 5.69 Å². The Labute approximate surface area is 131 Å². The molecule has 0 atom stereocenters. The fourth-order valence-corrected chi connectivity index (χ4v) is 3.07. The topological polar surface area (TPSA) is 66.4 Å². The summed E-state index contributed by atoms with van der Waals surface area (Å²) >= 11 is 17.2. The van der Waals surface area contributed by atoms with Gasteiger partial charge in [0.25, 0.3) is 10.0 Å². The molecule has 2 aromatic rings. The van der Waals surface area contributed by atoms with E-state index in [9.17, 15) is 13.5 Å². The average molecular weight is 353 g/mol. The second kappa shape index (κ2) is 5.69. The van der Waals surface area contributed by atoms with Gasteiger partial charge in [-0.05, 0) is 30.3 Å². The highest BCUT2D eigenvalue weighted by atomic mass is 35.5. The predicted octanol–water partition coefficient (Wildman–Crippen LogP) is 4.15. The number of hydrogen-bond donors (Lipinski definition) is 2. The molecule has 0 heterocycles. The van der Waals surface area contributed by atoms with Gasteiger partial charge in [0, 0.05) is 0 Å². The van der Waals surface area contributed by atoms with Gasteiger partial charge in [-0.1, -0.05) is 40.9 Å². The number of anilines is 1. The molecule has 0 amide bonds. The third-order valence-electron chi connectivity index (χ3n) is 2.43. The molecule has 0 saturated heterocycles. The van der Waals surface area contributed by atoms with E-state index < -0.39 is 10.0 Å². The van der Waals surface area contributed by atoms with E-state index in [-0.39, 0.29) is 31.4 Å². The van der Waals surface area contributed by atoms with Gasteiger partial charge in [-0.25, -0.2) is 8.42 Å². The monoisotopic (exact) mass is 351 g/mol. The SMILES string of the molecule is O=S(=O)(Nc1cccc(Cl)c1O)c1ccc(Cl)c(Cl)c1. The van der Waals surface area contributed by atoms with Crippen LogP contribution in [0.5, 0.6) is 5.75 Å². The maximum Gasteiger partial charge on any atom is 0.262 e. The van der Waals surface area contributed by atoms with Gasteiger partial charge in [0.05, 0.1) is 25.7 Å². The largest absolute Gasteiger partial charge is 0.504 e. The van der Waals surface area contributed by atoms with Crippen LogP contribution in [0, 0.1) is 0 Å². The lowest BCUT2D eigenvalue weighted by Crippen LogP contribution is -2.13. The Balaban J connectivity index is 2.41. The first-order valence-electron chi connectivity index (χ1n) is 5.26. The van der Waals surface area contributed by atoms with Gasteiger partial charge in [0.2, 0.25) is 0 Å². The lowest BCUT2D eigenvalue weighted by Gasteiger charge is -2.10. The highest BCUT2D eigenvalue weighted by Gasteiger charge is 2.18. The molecule has 0 unspecified atom stereocenters. The quantitative estimate of drug-likeness (QED) is 0.815. The Morgan fingerprint density at radius 3 is 2.30 bits per heavy atom. The zero-order chi connectivity index (χ0) is 14.9. The fraction of sp³-hybridized carbons (Fsp3) is 0. The number of nitrogens with one attached hydrogen (secondary N) is 1. The molecule has 8 heteroatoms. The summed E-state index contributed by atoms with van der Waals surface area (Å²) in [5.41, 5.74) is -0.0245. The molecule has 0 fully saturated rings. The van der Waals surface area contributed by atoms with Crippen molar-refractivity contribution >= 4 is 50.5 Å². The van der Waals surface area contributed by atoms with E-state index in [0.29, 0.717) is 0 Å². The number of hydrogen-bond acceptors (Lipinski definition) is 3.